The topological polar surface area (TPSA) is 113 Å². The molecule has 0 fully saturated rings. The first-order valence-electron chi connectivity index (χ1n) is 11.0. The van der Waals surface area contributed by atoms with E-state index in [2.05, 4.69) is 32.9 Å². The first-order chi connectivity index (χ1) is 17.9. The zero-order valence-corrected chi connectivity index (χ0v) is 20.9. The Morgan fingerprint density at radius 2 is 1.43 bits per heavy atom. The highest BCUT2D eigenvalue weighted by molar-refractivity contribution is 7.23. The number of carbonyl (C=O) groups is 2. The van der Waals surface area contributed by atoms with Crippen molar-refractivity contribution in [3.8, 4) is 54.8 Å². The van der Waals surface area contributed by atoms with Gasteiger partial charge in [-0.1, -0.05) is 5.92 Å². The highest BCUT2D eigenvalue weighted by Crippen LogP contribution is 2.39. The SMILES string of the molecule is CC#Cc1ccsc1-c1ccc(-c2ccnc(-c3cc(C(=O)O)cc(-c4cc(C(=O)O)ccn4)n3)c2)s1. The molecule has 5 rings (SSSR count). The van der Waals surface area contributed by atoms with Crippen molar-refractivity contribution in [1.29, 1.82) is 0 Å². The van der Waals surface area contributed by atoms with E-state index in [9.17, 15) is 19.8 Å². The number of pyridine rings is 3. The molecular weight excluding hydrogens is 506 g/mol. The first kappa shape index (κ1) is 24.1. The molecule has 0 saturated heterocycles. The largest absolute Gasteiger partial charge is 0.478 e. The van der Waals surface area contributed by atoms with Gasteiger partial charge >= 0.3 is 11.9 Å². The van der Waals surface area contributed by atoms with Crippen LogP contribution < -0.4 is 0 Å². The first-order valence-corrected chi connectivity index (χ1v) is 12.6. The van der Waals surface area contributed by atoms with Crippen molar-refractivity contribution in [2.45, 2.75) is 6.92 Å². The van der Waals surface area contributed by atoms with Gasteiger partial charge in [-0.25, -0.2) is 14.6 Å². The number of carboxylic acid groups (broad SMARTS) is 2. The second kappa shape index (κ2) is 10.1. The monoisotopic (exact) mass is 523 g/mol. The van der Waals surface area contributed by atoms with Gasteiger partial charge in [-0.2, -0.15) is 0 Å². The molecule has 0 spiro atoms. The van der Waals surface area contributed by atoms with Crippen LogP contribution in [0.5, 0.6) is 0 Å². The predicted molar refractivity (Wildman–Crippen MR) is 144 cm³/mol. The van der Waals surface area contributed by atoms with Crippen molar-refractivity contribution < 1.29 is 19.8 Å². The van der Waals surface area contributed by atoms with E-state index in [1.807, 2.05) is 36.6 Å². The van der Waals surface area contributed by atoms with Gasteiger partial charge in [-0.3, -0.25) is 9.97 Å². The Hall–Kier alpha value is -4.65. The minimum absolute atomic E-state index is 0.00426. The van der Waals surface area contributed by atoms with Gasteiger partial charge in [-0.15, -0.1) is 28.6 Å². The number of hydrogen-bond acceptors (Lipinski definition) is 7. The highest BCUT2D eigenvalue weighted by Gasteiger charge is 2.16. The van der Waals surface area contributed by atoms with Gasteiger partial charge in [0, 0.05) is 27.7 Å². The summed E-state index contributed by atoms with van der Waals surface area (Å²) in [5, 5.41) is 21.0. The van der Waals surface area contributed by atoms with Crippen LogP contribution in [-0.4, -0.2) is 37.1 Å². The molecule has 0 bridgehead atoms. The molecule has 0 aliphatic heterocycles. The highest BCUT2D eigenvalue weighted by atomic mass is 32.1. The Morgan fingerprint density at radius 1 is 0.784 bits per heavy atom. The summed E-state index contributed by atoms with van der Waals surface area (Å²) in [6.07, 6.45) is 3.01. The molecule has 9 heteroatoms. The summed E-state index contributed by atoms with van der Waals surface area (Å²) in [5.41, 5.74) is 3.26. The van der Waals surface area contributed by atoms with E-state index in [-0.39, 0.29) is 22.5 Å². The quantitative estimate of drug-likeness (QED) is 0.247. The molecule has 5 aromatic rings. The molecule has 0 aliphatic carbocycles. The number of aromatic nitrogens is 3. The van der Waals surface area contributed by atoms with Crippen LogP contribution in [-0.2, 0) is 0 Å². The Morgan fingerprint density at radius 3 is 2.14 bits per heavy atom. The molecule has 0 radical (unpaired) electrons. The molecule has 0 aromatic carbocycles. The molecule has 0 atom stereocenters. The number of nitrogens with zero attached hydrogens (tertiary/aromatic N) is 3. The fraction of sp³-hybridized carbons (Fsp3) is 0.0357. The molecular formula is C28H17N3O4S2. The van der Waals surface area contributed by atoms with E-state index in [4.69, 9.17) is 0 Å². The van der Waals surface area contributed by atoms with Crippen LogP contribution in [0, 0.1) is 11.8 Å². The molecule has 7 nitrogen and oxygen atoms in total. The van der Waals surface area contributed by atoms with E-state index < -0.39 is 11.9 Å². The molecule has 0 aliphatic rings. The summed E-state index contributed by atoms with van der Waals surface area (Å²) < 4.78 is 0. The van der Waals surface area contributed by atoms with E-state index in [0.29, 0.717) is 11.4 Å². The molecule has 5 aromatic heterocycles. The van der Waals surface area contributed by atoms with Crippen molar-refractivity contribution in [1.82, 2.24) is 15.0 Å². The fourth-order valence-electron chi connectivity index (χ4n) is 3.69. The lowest BCUT2D eigenvalue weighted by Gasteiger charge is -2.08. The van der Waals surface area contributed by atoms with Crippen molar-refractivity contribution in [2.24, 2.45) is 0 Å². The summed E-state index contributed by atoms with van der Waals surface area (Å²) in [7, 11) is 0. The minimum Gasteiger partial charge on any atom is -0.478 e. The van der Waals surface area contributed by atoms with Crippen molar-refractivity contribution in [2.75, 3.05) is 0 Å². The van der Waals surface area contributed by atoms with Gasteiger partial charge < -0.3 is 10.2 Å². The zero-order valence-electron chi connectivity index (χ0n) is 19.3. The van der Waals surface area contributed by atoms with E-state index in [1.165, 1.54) is 30.5 Å². The third kappa shape index (κ3) is 5.02. The normalized spacial score (nSPS) is 10.5. The lowest BCUT2D eigenvalue weighted by molar-refractivity contribution is 0.0686. The lowest BCUT2D eigenvalue weighted by Crippen LogP contribution is -2.02. The number of carboxylic acids is 2. The summed E-state index contributed by atoms with van der Waals surface area (Å²) >= 11 is 3.28. The molecule has 2 N–H and O–H groups in total. The molecule has 0 unspecified atom stereocenters. The Balaban J connectivity index is 1.55. The average molecular weight is 524 g/mol. The van der Waals surface area contributed by atoms with Gasteiger partial charge in [0.1, 0.15) is 0 Å². The van der Waals surface area contributed by atoms with Crippen LogP contribution >= 0.6 is 22.7 Å². The molecule has 0 saturated carbocycles. The summed E-state index contributed by atoms with van der Waals surface area (Å²) in [5.74, 6) is 3.84. The van der Waals surface area contributed by atoms with Crippen LogP contribution in [0.2, 0.25) is 0 Å². The van der Waals surface area contributed by atoms with Crippen LogP contribution in [0.1, 0.15) is 33.2 Å². The smallest absolute Gasteiger partial charge is 0.335 e. The Kier molecular flexibility index (Phi) is 6.60. The van der Waals surface area contributed by atoms with Gasteiger partial charge in [0.2, 0.25) is 0 Å². The number of aromatic carboxylic acids is 2. The second-order valence-corrected chi connectivity index (χ2v) is 9.80. The average Bonchev–Trinajstić information content (AvgIpc) is 3.58. The number of thiophene rings is 2. The Bertz CT molecular complexity index is 1730. The fourth-order valence-corrected chi connectivity index (χ4v) is 5.69. The van der Waals surface area contributed by atoms with Gasteiger partial charge in [-0.05, 0) is 72.5 Å². The van der Waals surface area contributed by atoms with Crippen molar-refractivity contribution >= 4 is 34.6 Å². The summed E-state index contributed by atoms with van der Waals surface area (Å²) in [6, 6.07) is 15.4. The van der Waals surface area contributed by atoms with Gasteiger partial charge in [0.05, 0.1) is 38.8 Å². The Labute approximate surface area is 219 Å². The van der Waals surface area contributed by atoms with Crippen molar-refractivity contribution in [3.05, 3.63) is 89.1 Å². The molecule has 0 amide bonds. The maximum atomic E-state index is 11.9. The molecule has 5 heterocycles. The maximum Gasteiger partial charge on any atom is 0.335 e. The van der Waals surface area contributed by atoms with Gasteiger partial charge in [0.25, 0.3) is 0 Å². The third-order valence-electron chi connectivity index (χ3n) is 5.40. The van der Waals surface area contributed by atoms with E-state index >= 15 is 0 Å². The number of hydrogen-bond donors (Lipinski definition) is 2. The van der Waals surface area contributed by atoms with Crippen LogP contribution in [0.4, 0.5) is 0 Å². The standard InChI is InChI=1S/C28H17N3O4S2/c1-2-3-16-8-11-36-26(16)25-5-4-24(37-25)17-6-9-29-20(12-17)22-14-19(28(34)35)15-23(31-22)21-13-18(27(32)33)7-10-30-21/h4-15H,1H3,(H,32,33)(H,34,35). The summed E-state index contributed by atoms with van der Waals surface area (Å²) in [6.45, 7) is 1.82. The van der Waals surface area contributed by atoms with Gasteiger partial charge in [0.15, 0.2) is 0 Å². The maximum absolute atomic E-state index is 11.9. The number of rotatable bonds is 6. The molecule has 180 valence electrons. The van der Waals surface area contributed by atoms with Crippen LogP contribution in [0.3, 0.4) is 0 Å². The second-order valence-electron chi connectivity index (χ2n) is 7.80. The third-order valence-corrected chi connectivity index (χ3v) is 7.63. The van der Waals surface area contributed by atoms with E-state index in [1.54, 1.807) is 28.9 Å². The molecule has 37 heavy (non-hydrogen) atoms. The van der Waals surface area contributed by atoms with Crippen LogP contribution in [0.25, 0.3) is 43.0 Å². The van der Waals surface area contributed by atoms with Crippen molar-refractivity contribution in [3.63, 3.8) is 0 Å². The predicted octanol–water partition coefficient (Wildman–Crippen LogP) is 6.43. The zero-order chi connectivity index (χ0) is 25.9. The van der Waals surface area contributed by atoms with E-state index in [0.717, 1.165) is 25.8 Å². The van der Waals surface area contributed by atoms with Crippen LogP contribution in [0.15, 0.2) is 72.4 Å². The minimum atomic E-state index is -1.14. The lowest BCUT2D eigenvalue weighted by atomic mass is 10.1. The summed E-state index contributed by atoms with van der Waals surface area (Å²) in [4.78, 5) is 39.7.